The van der Waals surface area contributed by atoms with Crippen LogP contribution in [0.2, 0.25) is 0 Å². The standard InChI is InChI=1S/C20H23N5O2/c26-19(22-14-8-9-15-17(12-14)24-20(27)23-15)13-21-16-6-2-3-7-18(16)25-10-4-1-5-11-25/h2-3,6-9,12,21H,1,4-5,10-11,13H2,(H,22,26)(H2,23,24,27). The maximum absolute atomic E-state index is 12.3. The van der Waals surface area contributed by atoms with Crippen LogP contribution < -0.4 is 21.2 Å². The van der Waals surface area contributed by atoms with Crippen LogP contribution in [0.15, 0.2) is 47.3 Å². The molecule has 1 aromatic heterocycles. The van der Waals surface area contributed by atoms with Crippen molar-refractivity contribution >= 4 is 34.0 Å². The van der Waals surface area contributed by atoms with E-state index in [1.807, 2.05) is 18.2 Å². The van der Waals surface area contributed by atoms with E-state index < -0.39 is 0 Å². The fourth-order valence-electron chi connectivity index (χ4n) is 3.52. The fourth-order valence-corrected chi connectivity index (χ4v) is 3.52. The molecule has 4 rings (SSSR count). The second-order valence-corrected chi connectivity index (χ2v) is 6.81. The van der Waals surface area contributed by atoms with Crippen molar-refractivity contribution in [2.24, 2.45) is 0 Å². The van der Waals surface area contributed by atoms with Crippen molar-refractivity contribution in [2.45, 2.75) is 19.3 Å². The lowest BCUT2D eigenvalue weighted by Gasteiger charge is -2.30. The Bertz CT molecular complexity index is 1000. The molecule has 7 nitrogen and oxygen atoms in total. The van der Waals surface area contributed by atoms with Crippen molar-refractivity contribution in [3.8, 4) is 0 Å². The quantitative estimate of drug-likeness (QED) is 0.559. The molecule has 0 saturated carbocycles. The van der Waals surface area contributed by atoms with Gasteiger partial charge in [-0.05, 0) is 49.6 Å². The molecule has 27 heavy (non-hydrogen) atoms. The minimum atomic E-state index is -0.260. The summed E-state index contributed by atoms with van der Waals surface area (Å²) in [6, 6.07) is 13.4. The van der Waals surface area contributed by atoms with Crippen molar-refractivity contribution in [2.75, 3.05) is 35.2 Å². The highest BCUT2D eigenvalue weighted by molar-refractivity contribution is 5.95. The van der Waals surface area contributed by atoms with Crippen molar-refractivity contribution in [3.63, 3.8) is 0 Å². The number of benzene rings is 2. The average Bonchev–Trinajstić information content (AvgIpc) is 3.06. The molecule has 1 aliphatic rings. The summed E-state index contributed by atoms with van der Waals surface area (Å²) >= 11 is 0. The van der Waals surface area contributed by atoms with Crippen LogP contribution in [0.1, 0.15) is 19.3 Å². The number of carbonyl (C=O) groups excluding carboxylic acids is 1. The number of rotatable bonds is 5. The van der Waals surface area contributed by atoms with E-state index in [4.69, 9.17) is 0 Å². The molecule has 3 aromatic rings. The zero-order valence-corrected chi connectivity index (χ0v) is 15.0. The summed E-state index contributed by atoms with van der Waals surface area (Å²) in [5.74, 6) is -0.138. The van der Waals surface area contributed by atoms with E-state index in [1.54, 1.807) is 18.2 Å². The Hall–Kier alpha value is -3.22. The molecule has 7 heteroatoms. The van der Waals surface area contributed by atoms with Gasteiger partial charge in [-0.1, -0.05) is 12.1 Å². The van der Waals surface area contributed by atoms with Crippen LogP contribution in [0.25, 0.3) is 11.0 Å². The number of imidazole rings is 1. The first-order valence-electron chi connectivity index (χ1n) is 9.29. The van der Waals surface area contributed by atoms with Crippen LogP contribution in [0.5, 0.6) is 0 Å². The SMILES string of the molecule is O=C(CNc1ccccc1N1CCCCC1)Nc1ccc2[nH]c(=O)[nH]c2c1. The number of nitrogens with zero attached hydrogens (tertiary/aromatic N) is 1. The molecule has 0 spiro atoms. The Morgan fingerprint density at radius 1 is 1.00 bits per heavy atom. The first-order valence-corrected chi connectivity index (χ1v) is 9.29. The van der Waals surface area contributed by atoms with Gasteiger partial charge in [-0.3, -0.25) is 4.79 Å². The van der Waals surface area contributed by atoms with Crippen LogP contribution in [0.3, 0.4) is 0 Å². The molecule has 1 aliphatic heterocycles. The molecule has 1 amide bonds. The number of amides is 1. The maximum atomic E-state index is 12.3. The number of fused-ring (bicyclic) bond motifs is 1. The van der Waals surface area contributed by atoms with E-state index in [2.05, 4.69) is 31.6 Å². The third kappa shape index (κ3) is 3.97. The van der Waals surface area contributed by atoms with Crippen molar-refractivity contribution in [3.05, 3.63) is 52.9 Å². The molecule has 0 atom stereocenters. The van der Waals surface area contributed by atoms with E-state index in [0.29, 0.717) is 16.7 Å². The van der Waals surface area contributed by atoms with Gasteiger partial charge < -0.3 is 25.5 Å². The lowest BCUT2D eigenvalue weighted by Crippen LogP contribution is -2.30. The van der Waals surface area contributed by atoms with Crippen LogP contribution in [-0.2, 0) is 4.79 Å². The molecule has 0 aliphatic carbocycles. The van der Waals surface area contributed by atoms with Gasteiger partial charge in [-0.2, -0.15) is 0 Å². The monoisotopic (exact) mass is 365 g/mol. The Morgan fingerprint density at radius 3 is 2.63 bits per heavy atom. The lowest BCUT2D eigenvalue weighted by molar-refractivity contribution is -0.114. The van der Waals surface area contributed by atoms with Gasteiger partial charge in [-0.15, -0.1) is 0 Å². The summed E-state index contributed by atoms with van der Waals surface area (Å²) in [6.07, 6.45) is 3.70. The first kappa shape index (κ1) is 17.2. The number of anilines is 3. The van der Waals surface area contributed by atoms with Gasteiger partial charge in [0.15, 0.2) is 0 Å². The van der Waals surface area contributed by atoms with Gasteiger partial charge in [0.1, 0.15) is 0 Å². The molecular formula is C20H23N5O2. The molecule has 0 bridgehead atoms. The average molecular weight is 365 g/mol. The number of carbonyl (C=O) groups is 1. The normalized spacial score (nSPS) is 14.3. The number of para-hydroxylation sites is 2. The van der Waals surface area contributed by atoms with Gasteiger partial charge in [0.25, 0.3) is 0 Å². The largest absolute Gasteiger partial charge is 0.374 e. The van der Waals surface area contributed by atoms with E-state index >= 15 is 0 Å². The highest BCUT2D eigenvalue weighted by Gasteiger charge is 2.14. The second kappa shape index (κ2) is 7.57. The zero-order chi connectivity index (χ0) is 18.6. The second-order valence-electron chi connectivity index (χ2n) is 6.81. The van der Waals surface area contributed by atoms with Crippen LogP contribution in [0.4, 0.5) is 17.1 Å². The smallest absolute Gasteiger partial charge is 0.323 e. The number of nitrogens with one attached hydrogen (secondary N) is 4. The van der Waals surface area contributed by atoms with Gasteiger partial charge in [0, 0.05) is 18.8 Å². The van der Waals surface area contributed by atoms with Crippen LogP contribution in [-0.4, -0.2) is 35.5 Å². The molecular weight excluding hydrogens is 342 g/mol. The number of aromatic amines is 2. The molecule has 1 fully saturated rings. The number of piperidine rings is 1. The third-order valence-electron chi connectivity index (χ3n) is 4.84. The van der Waals surface area contributed by atoms with E-state index in [0.717, 1.165) is 24.5 Å². The molecule has 1 saturated heterocycles. The van der Waals surface area contributed by atoms with Gasteiger partial charge in [-0.25, -0.2) is 4.79 Å². The fraction of sp³-hybridized carbons (Fsp3) is 0.300. The number of hydrogen-bond donors (Lipinski definition) is 4. The van der Waals surface area contributed by atoms with Gasteiger partial charge in [0.2, 0.25) is 5.91 Å². The van der Waals surface area contributed by atoms with E-state index in [9.17, 15) is 9.59 Å². The summed E-state index contributed by atoms with van der Waals surface area (Å²) in [7, 11) is 0. The molecule has 2 aromatic carbocycles. The summed E-state index contributed by atoms with van der Waals surface area (Å²) in [5.41, 5.74) is 3.89. The molecule has 0 unspecified atom stereocenters. The van der Waals surface area contributed by atoms with Crippen LogP contribution in [0, 0.1) is 0 Å². The number of hydrogen-bond acceptors (Lipinski definition) is 4. The summed E-state index contributed by atoms with van der Waals surface area (Å²) < 4.78 is 0. The summed E-state index contributed by atoms with van der Waals surface area (Å²) in [5, 5.41) is 6.12. The van der Waals surface area contributed by atoms with Crippen molar-refractivity contribution in [1.29, 1.82) is 0 Å². The Morgan fingerprint density at radius 2 is 1.78 bits per heavy atom. The minimum Gasteiger partial charge on any atom is -0.374 e. The predicted molar refractivity (Wildman–Crippen MR) is 109 cm³/mol. The molecule has 4 N–H and O–H groups in total. The van der Waals surface area contributed by atoms with Crippen molar-refractivity contribution < 1.29 is 4.79 Å². The Balaban J connectivity index is 1.40. The summed E-state index contributed by atoms with van der Waals surface area (Å²) in [4.78, 5) is 31.4. The van der Waals surface area contributed by atoms with Crippen molar-refractivity contribution in [1.82, 2.24) is 9.97 Å². The predicted octanol–water partition coefficient (Wildman–Crippen LogP) is 2.90. The molecule has 0 radical (unpaired) electrons. The maximum Gasteiger partial charge on any atom is 0.323 e. The molecule has 2 heterocycles. The van der Waals surface area contributed by atoms with E-state index in [-0.39, 0.29) is 18.1 Å². The lowest BCUT2D eigenvalue weighted by atomic mass is 10.1. The Labute approximate surface area is 156 Å². The van der Waals surface area contributed by atoms with E-state index in [1.165, 1.54) is 19.3 Å². The zero-order valence-electron chi connectivity index (χ0n) is 15.0. The number of H-pyrrole nitrogens is 2. The number of aromatic nitrogens is 2. The van der Waals surface area contributed by atoms with Gasteiger partial charge in [0.05, 0.1) is 29.0 Å². The first-order chi connectivity index (χ1) is 13.2. The van der Waals surface area contributed by atoms with Crippen LogP contribution >= 0.6 is 0 Å². The van der Waals surface area contributed by atoms with Gasteiger partial charge >= 0.3 is 5.69 Å². The third-order valence-corrected chi connectivity index (χ3v) is 4.84. The topological polar surface area (TPSA) is 93.0 Å². The summed E-state index contributed by atoms with van der Waals surface area (Å²) in [6.45, 7) is 2.28. The Kier molecular flexibility index (Phi) is 4.82. The molecule has 140 valence electrons. The minimum absolute atomic E-state index is 0.138. The highest BCUT2D eigenvalue weighted by atomic mass is 16.2. The highest BCUT2D eigenvalue weighted by Crippen LogP contribution is 2.28.